The van der Waals surface area contributed by atoms with E-state index in [2.05, 4.69) is 4.98 Å². The van der Waals surface area contributed by atoms with Gasteiger partial charge in [-0.05, 0) is 17.7 Å². The first-order valence-corrected chi connectivity index (χ1v) is 6.49. The zero-order valence-corrected chi connectivity index (χ0v) is 11.4. The zero-order valence-electron chi connectivity index (χ0n) is 10.6. The molecule has 1 heterocycles. The van der Waals surface area contributed by atoms with Crippen LogP contribution in [-0.2, 0) is 13.6 Å². The summed E-state index contributed by atoms with van der Waals surface area (Å²) in [5, 5.41) is 0.720. The van der Waals surface area contributed by atoms with Gasteiger partial charge in [-0.25, -0.2) is 4.98 Å². The van der Waals surface area contributed by atoms with Crippen LogP contribution in [0.3, 0.4) is 0 Å². The predicted octanol–water partition coefficient (Wildman–Crippen LogP) is 3.35. The lowest BCUT2D eigenvalue weighted by Crippen LogP contribution is -1.96. The summed E-state index contributed by atoms with van der Waals surface area (Å²) in [5.41, 5.74) is 9.66. The van der Waals surface area contributed by atoms with Crippen molar-refractivity contribution in [2.75, 3.05) is 0 Å². The number of fused-ring (bicyclic) bond motifs is 1. The van der Waals surface area contributed by atoms with Crippen molar-refractivity contribution >= 4 is 22.6 Å². The molecule has 0 fully saturated rings. The largest absolute Gasteiger partial charge is 0.326 e. The highest BCUT2D eigenvalue weighted by Crippen LogP contribution is 2.28. The van der Waals surface area contributed by atoms with Crippen LogP contribution >= 0.6 is 11.6 Å². The van der Waals surface area contributed by atoms with Gasteiger partial charge in [0.15, 0.2) is 0 Å². The molecule has 0 aliphatic carbocycles. The van der Waals surface area contributed by atoms with Gasteiger partial charge in [0.25, 0.3) is 0 Å². The number of aromatic nitrogens is 2. The molecule has 3 aromatic rings. The van der Waals surface area contributed by atoms with Crippen LogP contribution in [0.2, 0.25) is 5.02 Å². The summed E-state index contributed by atoms with van der Waals surface area (Å²) in [4.78, 5) is 4.65. The number of rotatable bonds is 2. The second kappa shape index (κ2) is 4.68. The molecule has 0 radical (unpaired) electrons. The third kappa shape index (κ3) is 2.01. The number of benzene rings is 2. The smallest absolute Gasteiger partial charge is 0.140 e. The Labute approximate surface area is 116 Å². The summed E-state index contributed by atoms with van der Waals surface area (Å²) in [6, 6.07) is 13.9. The number of halogens is 1. The molecule has 0 aliphatic rings. The number of imidazole rings is 1. The van der Waals surface area contributed by atoms with E-state index in [0.717, 1.165) is 33.0 Å². The van der Waals surface area contributed by atoms with Crippen LogP contribution in [0.15, 0.2) is 42.5 Å². The SMILES string of the molecule is Cn1c(-c2ccc(CN)cc2)nc2cccc(Cl)c21. The van der Waals surface area contributed by atoms with Gasteiger partial charge >= 0.3 is 0 Å². The summed E-state index contributed by atoms with van der Waals surface area (Å²) >= 11 is 6.23. The third-order valence-electron chi connectivity index (χ3n) is 3.29. The van der Waals surface area contributed by atoms with Crippen LogP contribution in [-0.4, -0.2) is 9.55 Å². The molecule has 3 nitrogen and oxygen atoms in total. The maximum Gasteiger partial charge on any atom is 0.140 e. The first-order valence-electron chi connectivity index (χ1n) is 6.11. The molecule has 0 spiro atoms. The number of nitrogens with two attached hydrogens (primary N) is 1. The van der Waals surface area contributed by atoms with Crippen molar-refractivity contribution in [3.05, 3.63) is 53.1 Å². The molecule has 0 saturated heterocycles. The van der Waals surface area contributed by atoms with Crippen LogP contribution in [0.25, 0.3) is 22.4 Å². The molecule has 3 rings (SSSR count). The predicted molar refractivity (Wildman–Crippen MR) is 79.1 cm³/mol. The van der Waals surface area contributed by atoms with Crippen molar-refractivity contribution in [3.8, 4) is 11.4 Å². The maximum atomic E-state index is 6.23. The van der Waals surface area contributed by atoms with E-state index in [1.165, 1.54) is 0 Å². The topological polar surface area (TPSA) is 43.8 Å². The van der Waals surface area contributed by atoms with Crippen LogP contribution in [0.1, 0.15) is 5.56 Å². The molecule has 0 bridgehead atoms. The molecular weight excluding hydrogens is 258 g/mol. The molecule has 2 N–H and O–H groups in total. The van der Waals surface area contributed by atoms with Gasteiger partial charge in [-0.15, -0.1) is 0 Å². The second-order valence-electron chi connectivity index (χ2n) is 4.50. The molecule has 19 heavy (non-hydrogen) atoms. The minimum Gasteiger partial charge on any atom is -0.326 e. The fourth-order valence-electron chi connectivity index (χ4n) is 2.27. The Balaban J connectivity index is 2.19. The Hall–Kier alpha value is -1.84. The molecule has 0 saturated carbocycles. The molecule has 2 aromatic carbocycles. The van der Waals surface area contributed by atoms with Gasteiger partial charge in [0.05, 0.1) is 16.1 Å². The lowest BCUT2D eigenvalue weighted by molar-refractivity contribution is 0.958. The van der Waals surface area contributed by atoms with E-state index in [0.29, 0.717) is 6.54 Å². The fourth-order valence-corrected chi connectivity index (χ4v) is 2.57. The molecule has 0 amide bonds. The molecule has 0 aliphatic heterocycles. The Morgan fingerprint density at radius 2 is 1.89 bits per heavy atom. The molecule has 0 unspecified atom stereocenters. The van der Waals surface area contributed by atoms with E-state index in [1.807, 2.05) is 54.1 Å². The summed E-state index contributed by atoms with van der Waals surface area (Å²) in [7, 11) is 1.98. The highest BCUT2D eigenvalue weighted by molar-refractivity contribution is 6.35. The van der Waals surface area contributed by atoms with Gasteiger partial charge in [-0.2, -0.15) is 0 Å². The lowest BCUT2D eigenvalue weighted by Gasteiger charge is -2.04. The number of hydrogen-bond donors (Lipinski definition) is 1. The average molecular weight is 272 g/mol. The second-order valence-corrected chi connectivity index (χ2v) is 4.91. The van der Waals surface area contributed by atoms with Gasteiger partial charge in [-0.1, -0.05) is 41.9 Å². The van der Waals surface area contributed by atoms with Crippen LogP contribution in [0.4, 0.5) is 0 Å². The van der Waals surface area contributed by atoms with E-state index in [-0.39, 0.29) is 0 Å². The van der Waals surface area contributed by atoms with Crippen molar-refractivity contribution in [2.24, 2.45) is 12.8 Å². The molecule has 96 valence electrons. The monoisotopic (exact) mass is 271 g/mol. The molecule has 1 aromatic heterocycles. The number of aryl methyl sites for hydroxylation is 1. The normalized spacial score (nSPS) is 11.1. The van der Waals surface area contributed by atoms with E-state index >= 15 is 0 Å². The Morgan fingerprint density at radius 3 is 2.53 bits per heavy atom. The van der Waals surface area contributed by atoms with Gasteiger partial charge in [-0.3, -0.25) is 0 Å². The minimum atomic E-state index is 0.550. The first-order chi connectivity index (χ1) is 9.20. The maximum absolute atomic E-state index is 6.23. The third-order valence-corrected chi connectivity index (χ3v) is 3.60. The summed E-state index contributed by atoms with van der Waals surface area (Å²) in [5.74, 6) is 0.909. The molecular formula is C15H14ClN3. The van der Waals surface area contributed by atoms with Gasteiger partial charge < -0.3 is 10.3 Å². The number of nitrogens with zero attached hydrogens (tertiary/aromatic N) is 2. The molecule has 4 heteroatoms. The van der Waals surface area contributed by atoms with Crippen molar-refractivity contribution < 1.29 is 0 Å². The summed E-state index contributed by atoms with van der Waals surface area (Å²) < 4.78 is 2.02. The van der Waals surface area contributed by atoms with E-state index < -0.39 is 0 Å². The van der Waals surface area contributed by atoms with Crippen molar-refractivity contribution in [3.63, 3.8) is 0 Å². The van der Waals surface area contributed by atoms with Crippen LogP contribution < -0.4 is 5.73 Å². The summed E-state index contributed by atoms with van der Waals surface area (Å²) in [6.45, 7) is 0.550. The number of para-hydroxylation sites is 1. The average Bonchev–Trinajstić information content (AvgIpc) is 2.78. The quantitative estimate of drug-likeness (QED) is 0.777. The van der Waals surface area contributed by atoms with Crippen LogP contribution in [0.5, 0.6) is 0 Å². The van der Waals surface area contributed by atoms with Gasteiger partial charge in [0.2, 0.25) is 0 Å². The first kappa shape index (κ1) is 12.2. The van der Waals surface area contributed by atoms with Gasteiger partial charge in [0, 0.05) is 19.2 Å². The summed E-state index contributed by atoms with van der Waals surface area (Å²) in [6.07, 6.45) is 0. The standard InChI is InChI=1S/C15H14ClN3/c1-19-14-12(16)3-2-4-13(14)18-15(19)11-7-5-10(9-17)6-8-11/h2-8H,9,17H2,1H3. The van der Waals surface area contributed by atoms with E-state index in [1.54, 1.807) is 0 Å². The van der Waals surface area contributed by atoms with Crippen molar-refractivity contribution in [2.45, 2.75) is 6.54 Å². The van der Waals surface area contributed by atoms with E-state index in [4.69, 9.17) is 17.3 Å². The Bertz CT molecular complexity index is 729. The van der Waals surface area contributed by atoms with Crippen LogP contribution in [0, 0.1) is 0 Å². The zero-order chi connectivity index (χ0) is 13.4. The highest BCUT2D eigenvalue weighted by atomic mass is 35.5. The Morgan fingerprint density at radius 1 is 1.16 bits per heavy atom. The minimum absolute atomic E-state index is 0.550. The number of hydrogen-bond acceptors (Lipinski definition) is 2. The Kier molecular flexibility index (Phi) is 3.01. The van der Waals surface area contributed by atoms with Gasteiger partial charge in [0.1, 0.15) is 5.82 Å². The molecule has 0 atom stereocenters. The van der Waals surface area contributed by atoms with Crippen molar-refractivity contribution in [1.29, 1.82) is 0 Å². The fraction of sp³-hybridized carbons (Fsp3) is 0.133. The van der Waals surface area contributed by atoms with Crippen molar-refractivity contribution in [1.82, 2.24) is 9.55 Å². The highest BCUT2D eigenvalue weighted by Gasteiger charge is 2.11. The lowest BCUT2D eigenvalue weighted by atomic mass is 10.1. The van der Waals surface area contributed by atoms with E-state index in [9.17, 15) is 0 Å².